The summed E-state index contributed by atoms with van der Waals surface area (Å²) in [5.41, 5.74) is 1.71. The van der Waals surface area contributed by atoms with Crippen LogP contribution in [0, 0.1) is 17.1 Å². The van der Waals surface area contributed by atoms with Crippen molar-refractivity contribution in [3.8, 4) is 6.07 Å². The van der Waals surface area contributed by atoms with Crippen LogP contribution in [-0.4, -0.2) is 41.6 Å². The highest BCUT2D eigenvalue weighted by Gasteiger charge is 2.27. The second-order valence-corrected chi connectivity index (χ2v) is 8.13. The fourth-order valence-corrected chi connectivity index (χ4v) is 4.44. The van der Waals surface area contributed by atoms with Crippen molar-refractivity contribution < 1.29 is 13.6 Å². The number of furan rings is 1. The summed E-state index contributed by atoms with van der Waals surface area (Å²) in [6, 6.07) is 18.9. The van der Waals surface area contributed by atoms with Gasteiger partial charge in [-0.3, -0.25) is 9.59 Å². The molecule has 34 heavy (non-hydrogen) atoms. The van der Waals surface area contributed by atoms with Crippen LogP contribution in [-0.2, 0) is 6.54 Å². The van der Waals surface area contributed by atoms with Crippen molar-refractivity contribution in [3.05, 3.63) is 100.0 Å². The van der Waals surface area contributed by atoms with Gasteiger partial charge in [0, 0.05) is 31.6 Å². The molecule has 170 valence electrons. The van der Waals surface area contributed by atoms with E-state index in [0.29, 0.717) is 43.1 Å². The molecule has 2 aromatic heterocycles. The first-order chi connectivity index (χ1) is 16.6. The van der Waals surface area contributed by atoms with E-state index in [-0.39, 0.29) is 23.8 Å². The number of piperazine rings is 1. The number of hydrogen-bond donors (Lipinski definition) is 0. The van der Waals surface area contributed by atoms with E-state index in [9.17, 15) is 19.2 Å². The van der Waals surface area contributed by atoms with Gasteiger partial charge in [-0.05, 0) is 35.9 Å². The predicted molar refractivity (Wildman–Crippen MR) is 125 cm³/mol. The quantitative estimate of drug-likeness (QED) is 0.469. The molecule has 3 heterocycles. The zero-order valence-corrected chi connectivity index (χ0v) is 18.3. The largest absolute Gasteiger partial charge is 0.459 e. The second kappa shape index (κ2) is 8.87. The van der Waals surface area contributed by atoms with E-state index in [2.05, 4.69) is 6.07 Å². The molecule has 1 aliphatic heterocycles. The van der Waals surface area contributed by atoms with Crippen LogP contribution in [0.1, 0.15) is 21.7 Å². The maximum Gasteiger partial charge on any atom is 0.289 e. The summed E-state index contributed by atoms with van der Waals surface area (Å²) >= 11 is 0. The minimum Gasteiger partial charge on any atom is -0.459 e. The van der Waals surface area contributed by atoms with E-state index in [1.807, 2.05) is 29.2 Å². The predicted octanol–water partition coefficient (Wildman–Crippen LogP) is 3.62. The second-order valence-electron chi connectivity index (χ2n) is 8.13. The summed E-state index contributed by atoms with van der Waals surface area (Å²) in [6.07, 6.45) is 1.47. The van der Waals surface area contributed by atoms with Crippen LogP contribution in [0.15, 0.2) is 76.1 Å². The van der Waals surface area contributed by atoms with Crippen molar-refractivity contribution in [2.24, 2.45) is 0 Å². The molecule has 0 saturated carbocycles. The van der Waals surface area contributed by atoms with Crippen LogP contribution in [0.4, 0.5) is 10.1 Å². The lowest BCUT2D eigenvalue weighted by molar-refractivity contribution is 0.0715. The van der Waals surface area contributed by atoms with Crippen molar-refractivity contribution in [3.63, 3.8) is 0 Å². The lowest BCUT2D eigenvalue weighted by Gasteiger charge is -2.36. The van der Waals surface area contributed by atoms with Crippen molar-refractivity contribution in [2.45, 2.75) is 6.54 Å². The third-order valence-corrected chi connectivity index (χ3v) is 6.13. The average Bonchev–Trinajstić information content (AvgIpc) is 3.41. The Kier molecular flexibility index (Phi) is 5.60. The maximum absolute atomic E-state index is 13.4. The van der Waals surface area contributed by atoms with Gasteiger partial charge in [0.2, 0.25) is 0 Å². The van der Waals surface area contributed by atoms with E-state index < -0.39 is 5.56 Å². The van der Waals surface area contributed by atoms with E-state index >= 15 is 0 Å². The number of anilines is 1. The Labute approximate surface area is 194 Å². The minimum atomic E-state index is -0.394. The molecule has 1 aliphatic rings. The summed E-state index contributed by atoms with van der Waals surface area (Å²) in [5, 5.41) is 10.7. The zero-order valence-electron chi connectivity index (χ0n) is 18.3. The summed E-state index contributed by atoms with van der Waals surface area (Å²) < 4.78 is 20.1. The molecular formula is C26H21FN4O3. The standard InChI is InChI=1S/C26H21FN4O3/c27-19-9-7-18(8-10-19)17-31-22-5-2-1-4-20(22)24(21(16-28)25(31)32)29-11-13-30(14-12-29)26(33)23-6-3-15-34-23/h1-10,15H,11-14,17H2. The Bertz CT molecular complexity index is 1440. The molecule has 2 aromatic carbocycles. The zero-order chi connectivity index (χ0) is 23.7. The normalized spacial score (nSPS) is 13.8. The maximum atomic E-state index is 13.4. The van der Waals surface area contributed by atoms with Crippen LogP contribution < -0.4 is 10.5 Å². The molecule has 0 spiro atoms. The van der Waals surface area contributed by atoms with Crippen molar-refractivity contribution in [1.29, 1.82) is 5.26 Å². The number of halogens is 1. The third kappa shape index (κ3) is 3.82. The van der Waals surface area contributed by atoms with Crippen molar-refractivity contribution in [2.75, 3.05) is 31.1 Å². The SMILES string of the molecule is N#Cc1c(N2CCN(C(=O)c3ccco3)CC2)c2ccccc2n(Cc2ccc(F)cc2)c1=O. The van der Waals surface area contributed by atoms with Crippen LogP contribution in [0.2, 0.25) is 0 Å². The van der Waals surface area contributed by atoms with E-state index in [0.717, 1.165) is 10.9 Å². The lowest BCUT2D eigenvalue weighted by Crippen LogP contribution is -2.49. The fourth-order valence-electron chi connectivity index (χ4n) is 4.44. The molecule has 1 fully saturated rings. The van der Waals surface area contributed by atoms with Gasteiger partial charge in [0.15, 0.2) is 5.76 Å². The van der Waals surface area contributed by atoms with Gasteiger partial charge in [0.1, 0.15) is 17.4 Å². The smallest absolute Gasteiger partial charge is 0.289 e. The van der Waals surface area contributed by atoms with Gasteiger partial charge in [-0.1, -0.05) is 30.3 Å². The minimum absolute atomic E-state index is 0.0617. The topological polar surface area (TPSA) is 82.5 Å². The number of carbonyl (C=O) groups excluding carboxylic acids is 1. The van der Waals surface area contributed by atoms with E-state index in [1.165, 1.54) is 18.4 Å². The van der Waals surface area contributed by atoms with Crippen LogP contribution in [0.5, 0.6) is 0 Å². The monoisotopic (exact) mass is 456 g/mol. The summed E-state index contributed by atoms with van der Waals surface area (Å²) in [7, 11) is 0. The number of rotatable bonds is 4. The Hall–Kier alpha value is -4.38. The molecule has 7 nitrogen and oxygen atoms in total. The van der Waals surface area contributed by atoms with Gasteiger partial charge in [0.05, 0.1) is 24.0 Å². The number of pyridine rings is 1. The Balaban J connectivity index is 1.51. The number of para-hydroxylation sites is 1. The van der Waals surface area contributed by atoms with Gasteiger partial charge in [-0.15, -0.1) is 0 Å². The number of carbonyl (C=O) groups is 1. The lowest BCUT2D eigenvalue weighted by atomic mass is 10.1. The molecule has 1 amide bonds. The first kappa shape index (κ1) is 21.5. The summed E-state index contributed by atoms with van der Waals surface area (Å²) in [5.74, 6) is -0.233. The van der Waals surface area contributed by atoms with E-state index in [4.69, 9.17) is 4.42 Å². The Morgan fingerprint density at radius 1 is 1.00 bits per heavy atom. The molecule has 0 aliphatic carbocycles. The molecule has 4 aromatic rings. The van der Waals surface area contributed by atoms with Gasteiger partial charge in [-0.25, -0.2) is 4.39 Å². The Morgan fingerprint density at radius 2 is 1.74 bits per heavy atom. The van der Waals surface area contributed by atoms with Gasteiger partial charge in [-0.2, -0.15) is 5.26 Å². The van der Waals surface area contributed by atoms with Crippen LogP contribution in [0.25, 0.3) is 10.9 Å². The molecule has 0 N–H and O–H groups in total. The molecule has 1 saturated heterocycles. The van der Waals surface area contributed by atoms with Crippen LogP contribution in [0.3, 0.4) is 0 Å². The first-order valence-electron chi connectivity index (χ1n) is 10.9. The molecule has 8 heteroatoms. The third-order valence-electron chi connectivity index (χ3n) is 6.13. The van der Waals surface area contributed by atoms with Gasteiger partial charge < -0.3 is 18.8 Å². The van der Waals surface area contributed by atoms with Crippen LogP contribution >= 0.6 is 0 Å². The number of nitriles is 1. The fraction of sp³-hybridized carbons (Fsp3) is 0.192. The summed E-state index contributed by atoms with van der Waals surface area (Å²) in [4.78, 5) is 29.8. The molecule has 0 radical (unpaired) electrons. The molecule has 0 bridgehead atoms. The number of aromatic nitrogens is 1. The van der Waals surface area contributed by atoms with Gasteiger partial charge >= 0.3 is 0 Å². The number of fused-ring (bicyclic) bond motifs is 1. The van der Waals surface area contributed by atoms with Gasteiger partial charge in [0.25, 0.3) is 11.5 Å². The molecule has 0 atom stereocenters. The highest BCUT2D eigenvalue weighted by molar-refractivity contribution is 5.95. The van der Waals surface area contributed by atoms with Crippen molar-refractivity contribution >= 4 is 22.5 Å². The molecule has 5 rings (SSSR count). The average molecular weight is 456 g/mol. The summed E-state index contributed by atoms with van der Waals surface area (Å²) in [6.45, 7) is 2.06. The number of benzene rings is 2. The number of amides is 1. The highest BCUT2D eigenvalue weighted by atomic mass is 19.1. The highest BCUT2D eigenvalue weighted by Crippen LogP contribution is 2.30. The van der Waals surface area contributed by atoms with E-state index in [1.54, 1.807) is 33.7 Å². The van der Waals surface area contributed by atoms with Crippen molar-refractivity contribution in [1.82, 2.24) is 9.47 Å². The first-order valence-corrected chi connectivity index (χ1v) is 10.9. The number of hydrogen-bond acceptors (Lipinski definition) is 5. The Morgan fingerprint density at radius 3 is 2.41 bits per heavy atom. The number of nitrogens with zero attached hydrogens (tertiary/aromatic N) is 4. The molecule has 0 unspecified atom stereocenters. The molecular weight excluding hydrogens is 435 g/mol.